The molecule has 9 nitrogen and oxygen atoms in total. The summed E-state index contributed by atoms with van der Waals surface area (Å²) in [7, 11) is 1.52. The maximum absolute atomic E-state index is 11.6. The lowest BCUT2D eigenvalue weighted by atomic mass is 9.97. The number of ether oxygens (including phenoxy) is 2. The summed E-state index contributed by atoms with van der Waals surface area (Å²) in [5, 5.41) is 41.8. The number of para-hydroxylation sites is 1. The molecule has 10 heteroatoms. The van der Waals surface area contributed by atoms with E-state index in [0.717, 1.165) is 5.39 Å². The fraction of sp³-hybridized carbons (Fsp3) is 0.273. The van der Waals surface area contributed by atoms with E-state index in [1.165, 1.54) is 12.0 Å². The van der Waals surface area contributed by atoms with Crippen LogP contribution < -0.4 is 9.64 Å². The maximum Gasteiger partial charge on any atom is 0.335 e. The maximum atomic E-state index is 11.6. The molecule has 2 aromatic carbocycles. The van der Waals surface area contributed by atoms with Crippen molar-refractivity contribution in [2.24, 2.45) is 0 Å². The predicted molar refractivity (Wildman–Crippen MR) is 116 cm³/mol. The molecule has 1 fully saturated rings. The summed E-state index contributed by atoms with van der Waals surface area (Å²) >= 11 is 6.31. The lowest BCUT2D eigenvalue weighted by Gasteiger charge is -2.44. The van der Waals surface area contributed by atoms with Crippen LogP contribution in [0.4, 0.5) is 11.5 Å². The van der Waals surface area contributed by atoms with Gasteiger partial charge in [0.2, 0.25) is 0 Å². The molecule has 3 aromatic rings. The Kier molecular flexibility index (Phi) is 6.18. The molecule has 1 aliphatic rings. The van der Waals surface area contributed by atoms with E-state index in [0.29, 0.717) is 22.0 Å². The minimum atomic E-state index is -1.81. The third-order valence-corrected chi connectivity index (χ3v) is 5.64. The fourth-order valence-electron chi connectivity index (χ4n) is 3.67. The Morgan fingerprint density at radius 1 is 1.03 bits per heavy atom. The van der Waals surface area contributed by atoms with Crippen molar-refractivity contribution in [1.82, 2.24) is 4.98 Å². The molecule has 1 aromatic heterocycles. The molecule has 0 saturated carbocycles. The van der Waals surface area contributed by atoms with Crippen molar-refractivity contribution in [3.8, 4) is 5.75 Å². The minimum absolute atomic E-state index is 0.285. The van der Waals surface area contributed by atoms with Crippen LogP contribution in [0.5, 0.6) is 5.75 Å². The number of benzene rings is 2. The van der Waals surface area contributed by atoms with Crippen LogP contribution >= 0.6 is 11.6 Å². The Morgan fingerprint density at radius 2 is 1.75 bits per heavy atom. The van der Waals surface area contributed by atoms with Gasteiger partial charge in [-0.05, 0) is 42.5 Å². The van der Waals surface area contributed by atoms with E-state index in [1.54, 1.807) is 48.5 Å². The summed E-state index contributed by atoms with van der Waals surface area (Å²) < 4.78 is 10.8. The van der Waals surface area contributed by atoms with Crippen LogP contribution in [0.25, 0.3) is 10.9 Å². The number of aromatic nitrogens is 1. The van der Waals surface area contributed by atoms with Crippen molar-refractivity contribution < 1.29 is 34.7 Å². The topological polar surface area (TPSA) is 133 Å². The van der Waals surface area contributed by atoms with Crippen molar-refractivity contribution in [3.63, 3.8) is 0 Å². The molecule has 32 heavy (non-hydrogen) atoms. The quantitative estimate of drug-likeness (QED) is 0.450. The molecule has 0 amide bonds. The number of carbonyl (C=O) groups is 1. The number of rotatable bonds is 5. The standard InChI is InChI=1S/C22H21ClN2O7/c1-31-13-8-6-12(7-9-13)25(15-10-5-11-3-2-4-14(23)16(11)24-15)21-19(28)17(26)18(27)20(32-21)22(29)30/h2-10,17-21,26-28H,1H3,(H,29,30)/t17-,18-,19+,20-,21+/m0/s1. The van der Waals surface area contributed by atoms with Crippen molar-refractivity contribution >= 4 is 40.0 Å². The van der Waals surface area contributed by atoms with Crippen molar-refractivity contribution in [2.75, 3.05) is 12.0 Å². The molecule has 2 heterocycles. The Bertz CT molecular complexity index is 1130. The van der Waals surface area contributed by atoms with E-state index in [2.05, 4.69) is 4.98 Å². The number of nitrogens with zero attached hydrogens (tertiary/aromatic N) is 2. The average Bonchev–Trinajstić information content (AvgIpc) is 2.80. The summed E-state index contributed by atoms with van der Waals surface area (Å²) in [5.74, 6) is -0.614. The number of carboxylic acid groups (broad SMARTS) is 1. The first-order valence-corrected chi connectivity index (χ1v) is 10.1. The van der Waals surface area contributed by atoms with Gasteiger partial charge in [-0.15, -0.1) is 0 Å². The molecule has 0 radical (unpaired) electrons. The zero-order chi connectivity index (χ0) is 23.0. The number of aliphatic carboxylic acids is 1. The van der Waals surface area contributed by atoms with Crippen LogP contribution in [-0.2, 0) is 9.53 Å². The Balaban J connectivity index is 1.86. The Hall–Kier alpha value is -2.95. The van der Waals surface area contributed by atoms with Crippen LogP contribution in [0.15, 0.2) is 54.6 Å². The van der Waals surface area contributed by atoms with Crippen LogP contribution in [-0.4, -0.2) is 69.1 Å². The molecule has 5 atom stereocenters. The van der Waals surface area contributed by atoms with Crippen molar-refractivity contribution in [3.05, 3.63) is 59.6 Å². The Morgan fingerprint density at radius 3 is 2.41 bits per heavy atom. The number of pyridine rings is 1. The molecule has 168 valence electrons. The lowest BCUT2D eigenvalue weighted by Crippen LogP contribution is -2.63. The number of fused-ring (bicyclic) bond motifs is 1. The highest BCUT2D eigenvalue weighted by Gasteiger charge is 2.49. The first-order chi connectivity index (χ1) is 15.3. The monoisotopic (exact) mass is 460 g/mol. The van der Waals surface area contributed by atoms with Gasteiger partial charge in [-0.3, -0.25) is 4.90 Å². The van der Waals surface area contributed by atoms with Gasteiger partial charge in [-0.2, -0.15) is 0 Å². The smallest absolute Gasteiger partial charge is 0.335 e. The molecule has 4 N–H and O–H groups in total. The first-order valence-electron chi connectivity index (χ1n) is 9.73. The van der Waals surface area contributed by atoms with Gasteiger partial charge in [0.1, 0.15) is 29.9 Å². The molecule has 0 aliphatic carbocycles. The third-order valence-electron chi connectivity index (χ3n) is 5.34. The summed E-state index contributed by atoms with van der Waals surface area (Å²) in [6.45, 7) is 0. The second kappa shape index (κ2) is 8.89. The second-order valence-electron chi connectivity index (χ2n) is 7.31. The van der Waals surface area contributed by atoms with Gasteiger partial charge in [0.15, 0.2) is 12.3 Å². The number of anilines is 2. The van der Waals surface area contributed by atoms with Gasteiger partial charge in [-0.1, -0.05) is 23.7 Å². The highest BCUT2D eigenvalue weighted by molar-refractivity contribution is 6.35. The summed E-state index contributed by atoms with van der Waals surface area (Å²) in [6.07, 6.45) is -8.36. The summed E-state index contributed by atoms with van der Waals surface area (Å²) in [6, 6.07) is 15.4. The lowest BCUT2D eigenvalue weighted by molar-refractivity contribution is -0.225. The normalized spacial score (nSPS) is 25.5. The van der Waals surface area contributed by atoms with Gasteiger partial charge in [0, 0.05) is 11.1 Å². The number of hydrogen-bond donors (Lipinski definition) is 4. The molecule has 1 aliphatic heterocycles. The zero-order valence-corrected chi connectivity index (χ0v) is 17.6. The zero-order valence-electron chi connectivity index (χ0n) is 16.9. The van der Waals surface area contributed by atoms with E-state index in [-0.39, 0.29) is 5.82 Å². The van der Waals surface area contributed by atoms with Crippen molar-refractivity contribution in [1.29, 1.82) is 0 Å². The van der Waals surface area contributed by atoms with Gasteiger partial charge in [0.25, 0.3) is 0 Å². The second-order valence-corrected chi connectivity index (χ2v) is 7.71. The van der Waals surface area contributed by atoms with E-state index < -0.39 is 36.6 Å². The number of aliphatic hydroxyl groups is 3. The molecule has 0 spiro atoms. The number of carboxylic acids is 1. The van der Waals surface area contributed by atoms with Crippen LogP contribution in [0, 0.1) is 0 Å². The van der Waals surface area contributed by atoms with Crippen LogP contribution in [0.3, 0.4) is 0 Å². The van der Waals surface area contributed by atoms with Crippen LogP contribution in [0.2, 0.25) is 5.02 Å². The first kappa shape index (κ1) is 22.3. The SMILES string of the molecule is COc1ccc(N(c2ccc3cccc(Cl)c3n2)[C@@H]2O[C@H](C(=O)O)[C@@H](O)[C@H](O)[C@H]2O)cc1. The molecule has 1 saturated heterocycles. The van der Waals surface area contributed by atoms with Crippen LogP contribution in [0.1, 0.15) is 0 Å². The van der Waals surface area contributed by atoms with E-state index in [9.17, 15) is 25.2 Å². The summed E-state index contributed by atoms with van der Waals surface area (Å²) in [5.41, 5.74) is 0.965. The number of methoxy groups -OCH3 is 1. The molecule has 0 unspecified atom stereocenters. The van der Waals surface area contributed by atoms with E-state index >= 15 is 0 Å². The summed E-state index contributed by atoms with van der Waals surface area (Å²) in [4.78, 5) is 17.7. The van der Waals surface area contributed by atoms with Gasteiger partial charge < -0.3 is 29.9 Å². The average molecular weight is 461 g/mol. The van der Waals surface area contributed by atoms with E-state index in [4.69, 9.17) is 21.1 Å². The van der Waals surface area contributed by atoms with E-state index in [1.807, 2.05) is 6.07 Å². The fourth-order valence-corrected chi connectivity index (χ4v) is 3.89. The van der Waals surface area contributed by atoms with Crippen molar-refractivity contribution in [2.45, 2.75) is 30.6 Å². The molecule has 4 rings (SSSR count). The Labute approximate surface area is 188 Å². The highest BCUT2D eigenvalue weighted by Crippen LogP contribution is 2.35. The minimum Gasteiger partial charge on any atom is -0.497 e. The highest BCUT2D eigenvalue weighted by atomic mass is 35.5. The largest absolute Gasteiger partial charge is 0.497 e. The number of hydrogen-bond acceptors (Lipinski definition) is 8. The molecule has 0 bridgehead atoms. The van der Waals surface area contributed by atoms with Gasteiger partial charge in [-0.25, -0.2) is 9.78 Å². The molecular formula is C22H21ClN2O7. The van der Waals surface area contributed by atoms with Gasteiger partial charge >= 0.3 is 5.97 Å². The third kappa shape index (κ3) is 3.96. The predicted octanol–water partition coefficient (Wildman–Crippen LogP) is 1.93. The number of halogens is 1. The number of aliphatic hydroxyl groups excluding tert-OH is 3. The molecular weight excluding hydrogens is 440 g/mol. The van der Waals surface area contributed by atoms with Gasteiger partial charge in [0.05, 0.1) is 17.6 Å².